The highest BCUT2D eigenvalue weighted by Crippen LogP contribution is 2.29. The van der Waals surface area contributed by atoms with Crippen LogP contribution in [0.5, 0.6) is 5.75 Å². The van der Waals surface area contributed by atoms with E-state index in [2.05, 4.69) is 10.6 Å². The van der Waals surface area contributed by atoms with Gasteiger partial charge in [0.2, 0.25) is 5.91 Å². The third-order valence-corrected chi connectivity index (χ3v) is 3.54. The molecule has 1 atom stereocenters. The van der Waals surface area contributed by atoms with Crippen LogP contribution in [-0.2, 0) is 4.79 Å². The first-order valence-corrected chi connectivity index (χ1v) is 8.10. The molecule has 1 aliphatic rings. The van der Waals surface area contributed by atoms with Crippen LogP contribution >= 0.6 is 0 Å². The molecule has 0 aliphatic heterocycles. The minimum Gasteiger partial charge on any atom is -0.493 e. The van der Waals surface area contributed by atoms with Gasteiger partial charge >= 0.3 is 0 Å². The van der Waals surface area contributed by atoms with Gasteiger partial charge in [-0.3, -0.25) is 9.59 Å². The normalized spacial score (nSPS) is 15.7. The third-order valence-electron chi connectivity index (χ3n) is 3.54. The molecule has 0 spiro atoms. The summed E-state index contributed by atoms with van der Waals surface area (Å²) in [5, 5.41) is 5.55. The molecule has 0 bridgehead atoms. The molecule has 5 heteroatoms. The molecular weight excluding hydrogens is 292 g/mol. The van der Waals surface area contributed by atoms with Crippen molar-refractivity contribution < 1.29 is 14.3 Å². The van der Waals surface area contributed by atoms with Gasteiger partial charge in [-0.05, 0) is 70.7 Å². The Bertz CT molecular complexity index is 557. The van der Waals surface area contributed by atoms with Gasteiger partial charge in [0.15, 0.2) is 0 Å². The fourth-order valence-corrected chi connectivity index (χ4v) is 2.02. The molecule has 0 saturated heterocycles. The number of carbonyl (C=O) groups is 2. The Kier molecular flexibility index (Phi) is 5.29. The second kappa shape index (κ2) is 7.02. The standard InChI is InChI=1S/C18H26N2O3/c1-12(16(21)20-18(2,3)4)19-17(22)14-7-9-15(10-8-14)23-11-13-5-6-13/h7-10,12-13H,5-6,11H2,1-4H3,(H,19,22)(H,20,21)/t12-/m0/s1. The summed E-state index contributed by atoms with van der Waals surface area (Å²) in [5.74, 6) is 0.998. The number of carbonyl (C=O) groups excluding carboxylic acids is 2. The summed E-state index contributed by atoms with van der Waals surface area (Å²) in [6, 6.07) is 6.42. The number of rotatable bonds is 6. The van der Waals surface area contributed by atoms with Crippen molar-refractivity contribution in [1.82, 2.24) is 10.6 Å². The van der Waals surface area contributed by atoms with Crippen LogP contribution in [0.25, 0.3) is 0 Å². The lowest BCUT2D eigenvalue weighted by Crippen LogP contribution is -2.50. The highest BCUT2D eigenvalue weighted by Gasteiger charge is 2.22. The average Bonchev–Trinajstić information content (AvgIpc) is 3.28. The summed E-state index contributed by atoms with van der Waals surface area (Å²) in [6.45, 7) is 8.13. The van der Waals surface area contributed by atoms with E-state index < -0.39 is 6.04 Å². The molecule has 0 heterocycles. The lowest BCUT2D eigenvalue weighted by molar-refractivity contribution is -0.124. The van der Waals surface area contributed by atoms with Crippen LogP contribution in [0.1, 0.15) is 50.9 Å². The molecule has 1 saturated carbocycles. The van der Waals surface area contributed by atoms with Crippen molar-refractivity contribution in [1.29, 1.82) is 0 Å². The highest BCUT2D eigenvalue weighted by atomic mass is 16.5. The van der Waals surface area contributed by atoms with E-state index in [0.717, 1.165) is 12.4 Å². The highest BCUT2D eigenvalue weighted by molar-refractivity contribution is 5.97. The van der Waals surface area contributed by atoms with Crippen LogP contribution in [0.15, 0.2) is 24.3 Å². The SMILES string of the molecule is C[C@H](NC(=O)c1ccc(OCC2CC2)cc1)C(=O)NC(C)(C)C. The maximum absolute atomic E-state index is 12.2. The molecule has 23 heavy (non-hydrogen) atoms. The second-order valence-electron chi connectivity index (χ2n) is 7.21. The zero-order valence-corrected chi connectivity index (χ0v) is 14.3. The summed E-state index contributed by atoms with van der Waals surface area (Å²) in [6.07, 6.45) is 2.49. The molecule has 5 nitrogen and oxygen atoms in total. The second-order valence-corrected chi connectivity index (χ2v) is 7.21. The molecule has 2 rings (SSSR count). The minimum atomic E-state index is -0.590. The topological polar surface area (TPSA) is 67.4 Å². The summed E-state index contributed by atoms with van der Waals surface area (Å²) in [4.78, 5) is 24.2. The number of benzene rings is 1. The van der Waals surface area contributed by atoms with Crippen molar-refractivity contribution >= 4 is 11.8 Å². The average molecular weight is 318 g/mol. The van der Waals surface area contributed by atoms with Gasteiger partial charge in [-0.15, -0.1) is 0 Å². The maximum Gasteiger partial charge on any atom is 0.251 e. The smallest absolute Gasteiger partial charge is 0.251 e. The lowest BCUT2D eigenvalue weighted by Gasteiger charge is -2.23. The molecule has 2 amide bonds. The summed E-state index contributed by atoms with van der Waals surface area (Å²) in [5.41, 5.74) is 0.190. The van der Waals surface area contributed by atoms with E-state index >= 15 is 0 Å². The Morgan fingerprint density at radius 3 is 2.35 bits per heavy atom. The van der Waals surface area contributed by atoms with Gasteiger partial charge in [0.05, 0.1) is 6.61 Å². The number of ether oxygens (including phenoxy) is 1. The number of nitrogens with one attached hydrogen (secondary N) is 2. The zero-order chi connectivity index (χ0) is 17.0. The first-order valence-electron chi connectivity index (χ1n) is 8.10. The first-order chi connectivity index (χ1) is 10.7. The maximum atomic E-state index is 12.2. The van der Waals surface area contributed by atoms with Gasteiger partial charge in [0, 0.05) is 11.1 Å². The van der Waals surface area contributed by atoms with E-state index in [1.165, 1.54) is 12.8 Å². The van der Waals surface area contributed by atoms with Crippen LogP contribution in [0.2, 0.25) is 0 Å². The van der Waals surface area contributed by atoms with Crippen molar-refractivity contribution in [2.75, 3.05) is 6.61 Å². The van der Waals surface area contributed by atoms with Crippen LogP contribution in [0, 0.1) is 5.92 Å². The van der Waals surface area contributed by atoms with Gasteiger partial charge in [-0.25, -0.2) is 0 Å². The van der Waals surface area contributed by atoms with Crippen molar-refractivity contribution in [2.45, 2.75) is 52.1 Å². The number of hydrogen-bond donors (Lipinski definition) is 2. The van der Waals surface area contributed by atoms with Crippen LogP contribution in [-0.4, -0.2) is 30.0 Å². The molecule has 2 N–H and O–H groups in total. The number of amides is 2. The molecule has 0 aromatic heterocycles. The first kappa shape index (κ1) is 17.3. The van der Waals surface area contributed by atoms with Gasteiger partial charge in [0.1, 0.15) is 11.8 Å². The van der Waals surface area contributed by atoms with E-state index in [1.807, 2.05) is 20.8 Å². The van der Waals surface area contributed by atoms with Crippen molar-refractivity contribution in [3.8, 4) is 5.75 Å². The Hall–Kier alpha value is -2.04. The van der Waals surface area contributed by atoms with Crippen molar-refractivity contribution in [3.05, 3.63) is 29.8 Å². The Labute approximate surface area is 137 Å². The summed E-state index contributed by atoms with van der Waals surface area (Å²) >= 11 is 0. The molecule has 0 unspecified atom stereocenters. The van der Waals surface area contributed by atoms with Gasteiger partial charge in [-0.1, -0.05) is 0 Å². The van der Waals surface area contributed by atoms with Crippen molar-refractivity contribution in [2.24, 2.45) is 5.92 Å². The van der Waals surface area contributed by atoms with Crippen LogP contribution < -0.4 is 15.4 Å². The van der Waals surface area contributed by atoms with Gasteiger partial charge < -0.3 is 15.4 Å². The van der Waals surface area contributed by atoms with E-state index in [-0.39, 0.29) is 17.4 Å². The monoisotopic (exact) mass is 318 g/mol. The molecule has 0 radical (unpaired) electrons. The predicted octanol–water partition coefficient (Wildman–Crippen LogP) is 2.51. The molecule has 126 valence electrons. The summed E-state index contributed by atoms with van der Waals surface area (Å²) < 4.78 is 5.64. The third kappa shape index (κ3) is 5.93. The number of hydrogen-bond acceptors (Lipinski definition) is 3. The Morgan fingerprint density at radius 1 is 1.22 bits per heavy atom. The van der Waals surface area contributed by atoms with Crippen LogP contribution in [0.4, 0.5) is 0 Å². The predicted molar refractivity (Wildman–Crippen MR) is 89.5 cm³/mol. The van der Waals surface area contributed by atoms with Crippen molar-refractivity contribution in [3.63, 3.8) is 0 Å². The molecule has 1 fully saturated rings. The van der Waals surface area contributed by atoms with Gasteiger partial charge in [0.25, 0.3) is 5.91 Å². The van der Waals surface area contributed by atoms with E-state index in [4.69, 9.17) is 4.74 Å². The quantitative estimate of drug-likeness (QED) is 0.847. The van der Waals surface area contributed by atoms with Crippen LogP contribution in [0.3, 0.4) is 0 Å². The van der Waals surface area contributed by atoms with E-state index in [9.17, 15) is 9.59 Å². The molecular formula is C18H26N2O3. The molecule has 1 aliphatic carbocycles. The fraction of sp³-hybridized carbons (Fsp3) is 0.556. The van der Waals surface area contributed by atoms with E-state index in [0.29, 0.717) is 11.5 Å². The molecule has 1 aromatic rings. The zero-order valence-electron chi connectivity index (χ0n) is 14.3. The largest absolute Gasteiger partial charge is 0.493 e. The Balaban J connectivity index is 1.85. The Morgan fingerprint density at radius 2 is 1.83 bits per heavy atom. The summed E-state index contributed by atoms with van der Waals surface area (Å²) in [7, 11) is 0. The minimum absolute atomic E-state index is 0.199. The lowest BCUT2D eigenvalue weighted by atomic mass is 10.1. The fourth-order valence-electron chi connectivity index (χ4n) is 2.02. The van der Waals surface area contributed by atoms with Gasteiger partial charge in [-0.2, -0.15) is 0 Å². The molecule has 1 aromatic carbocycles. The van der Waals surface area contributed by atoms with E-state index in [1.54, 1.807) is 31.2 Å².